The number of carbonyl (C=O) groups is 1. The normalized spacial score (nSPS) is 20.4. The number of aliphatic imine (C=N–C) groups is 1. The first-order valence-corrected chi connectivity index (χ1v) is 8.41. The van der Waals surface area contributed by atoms with Crippen LogP contribution in [0.3, 0.4) is 0 Å². The Kier molecular flexibility index (Phi) is 8.04. The van der Waals surface area contributed by atoms with Crippen LogP contribution in [-0.2, 0) is 9.47 Å². The third-order valence-corrected chi connectivity index (χ3v) is 3.69. The van der Waals surface area contributed by atoms with E-state index in [4.69, 9.17) is 9.47 Å². The number of hydrogen-bond donors (Lipinski definition) is 1. The minimum absolute atomic E-state index is 0. The zero-order chi connectivity index (χ0) is 17.0. The van der Waals surface area contributed by atoms with Crippen LogP contribution in [0, 0.1) is 0 Å². The van der Waals surface area contributed by atoms with E-state index >= 15 is 0 Å². The summed E-state index contributed by atoms with van der Waals surface area (Å²) in [4.78, 5) is 20.8. The molecule has 0 bridgehead atoms. The highest BCUT2D eigenvalue weighted by molar-refractivity contribution is 14.0. The maximum Gasteiger partial charge on any atom is 0.410 e. The number of halogens is 1. The van der Waals surface area contributed by atoms with Crippen molar-refractivity contribution in [3.63, 3.8) is 0 Å². The monoisotopic (exact) mass is 454 g/mol. The fraction of sp³-hybridized carbons (Fsp3) is 0.875. The van der Waals surface area contributed by atoms with Crippen LogP contribution in [0.2, 0.25) is 0 Å². The molecule has 0 saturated carbocycles. The molecule has 2 aliphatic rings. The molecule has 1 N–H and O–H groups in total. The summed E-state index contributed by atoms with van der Waals surface area (Å²) in [7, 11) is 0. The van der Waals surface area contributed by atoms with Crippen LogP contribution in [0.15, 0.2) is 4.99 Å². The molecule has 0 aromatic rings. The highest BCUT2D eigenvalue weighted by atomic mass is 127. The smallest absolute Gasteiger partial charge is 0.410 e. The Balaban J connectivity index is 0.00000288. The topological polar surface area (TPSA) is 66.4 Å². The first-order valence-electron chi connectivity index (χ1n) is 8.41. The molecule has 1 fully saturated rings. The van der Waals surface area contributed by atoms with Gasteiger partial charge in [-0.15, -0.1) is 24.0 Å². The van der Waals surface area contributed by atoms with Crippen molar-refractivity contribution in [1.29, 1.82) is 0 Å². The second-order valence-electron chi connectivity index (χ2n) is 7.28. The molecule has 1 atom stereocenters. The van der Waals surface area contributed by atoms with Gasteiger partial charge in [0.15, 0.2) is 5.96 Å². The molecular weight excluding hydrogens is 423 g/mol. The van der Waals surface area contributed by atoms with Crippen LogP contribution in [0.1, 0.15) is 34.6 Å². The number of ether oxygens (including phenoxy) is 2. The lowest BCUT2D eigenvalue weighted by atomic mass is 10.2. The van der Waals surface area contributed by atoms with Crippen molar-refractivity contribution < 1.29 is 14.3 Å². The Morgan fingerprint density at radius 1 is 1.38 bits per heavy atom. The van der Waals surface area contributed by atoms with E-state index in [1.54, 1.807) is 4.90 Å². The van der Waals surface area contributed by atoms with E-state index in [1.165, 1.54) is 0 Å². The van der Waals surface area contributed by atoms with Crippen molar-refractivity contribution >= 4 is 36.0 Å². The van der Waals surface area contributed by atoms with Gasteiger partial charge in [0.25, 0.3) is 0 Å². The van der Waals surface area contributed by atoms with Gasteiger partial charge in [-0.2, -0.15) is 0 Å². The first-order chi connectivity index (χ1) is 10.8. The van der Waals surface area contributed by atoms with E-state index in [2.05, 4.69) is 15.2 Å². The molecule has 1 amide bonds. The number of fused-ring (bicyclic) bond motifs is 1. The lowest BCUT2D eigenvalue weighted by Gasteiger charge is -2.39. The molecule has 24 heavy (non-hydrogen) atoms. The minimum atomic E-state index is -0.455. The van der Waals surface area contributed by atoms with Crippen LogP contribution in [0.25, 0.3) is 0 Å². The maximum absolute atomic E-state index is 12.2. The summed E-state index contributed by atoms with van der Waals surface area (Å²) >= 11 is 0. The predicted molar refractivity (Wildman–Crippen MR) is 105 cm³/mol. The van der Waals surface area contributed by atoms with Crippen molar-refractivity contribution in [3.05, 3.63) is 0 Å². The van der Waals surface area contributed by atoms with Crippen LogP contribution in [-0.4, -0.2) is 78.9 Å². The number of nitrogens with one attached hydrogen (secondary N) is 1. The lowest BCUT2D eigenvalue weighted by molar-refractivity contribution is 0.0137. The number of guanidine groups is 1. The number of nitrogens with zero attached hydrogens (tertiary/aromatic N) is 3. The van der Waals surface area contributed by atoms with Crippen molar-refractivity contribution in [2.75, 3.05) is 39.3 Å². The minimum Gasteiger partial charge on any atom is -0.444 e. The van der Waals surface area contributed by atoms with E-state index < -0.39 is 5.60 Å². The molecule has 7 nitrogen and oxygen atoms in total. The zero-order valence-corrected chi connectivity index (χ0v) is 17.7. The first kappa shape index (κ1) is 21.3. The summed E-state index contributed by atoms with van der Waals surface area (Å²) in [6, 6.07) is 0.241. The van der Waals surface area contributed by atoms with Gasteiger partial charge in [-0.1, -0.05) is 0 Å². The highest BCUT2D eigenvalue weighted by Gasteiger charge is 2.36. The number of hydrogen-bond acceptors (Lipinski definition) is 6. The lowest BCUT2D eigenvalue weighted by Crippen LogP contribution is -2.57. The van der Waals surface area contributed by atoms with E-state index in [-0.39, 0.29) is 42.2 Å². The van der Waals surface area contributed by atoms with Gasteiger partial charge in [0.1, 0.15) is 5.60 Å². The van der Waals surface area contributed by atoms with Gasteiger partial charge in [0, 0.05) is 26.2 Å². The largest absolute Gasteiger partial charge is 0.444 e. The van der Waals surface area contributed by atoms with E-state index in [9.17, 15) is 4.79 Å². The Morgan fingerprint density at radius 2 is 2.08 bits per heavy atom. The molecule has 1 saturated heterocycles. The third-order valence-electron chi connectivity index (χ3n) is 3.69. The molecule has 0 spiro atoms. The van der Waals surface area contributed by atoms with Crippen LogP contribution in [0.5, 0.6) is 0 Å². The van der Waals surface area contributed by atoms with E-state index in [0.29, 0.717) is 26.2 Å². The Bertz CT molecular complexity index is 451. The second-order valence-corrected chi connectivity index (χ2v) is 7.28. The van der Waals surface area contributed by atoms with Crippen LogP contribution < -0.4 is 5.32 Å². The molecule has 0 aromatic heterocycles. The van der Waals surface area contributed by atoms with Gasteiger partial charge in [0.05, 0.1) is 25.3 Å². The second kappa shape index (κ2) is 9.07. The third kappa shape index (κ3) is 6.27. The average molecular weight is 454 g/mol. The maximum atomic E-state index is 12.2. The number of amides is 1. The summed E-state index contributed by atoms with van der Waals surface area (Å²) in [6.45, 7) is 13.9. The van der Waals surface area contributed by atoms with Crippen LogP contribution >= 0.6 is 24.0 Å². The fourth-order valence-corrected chi connectivity index (χ4v) is 2.68. The van der Waals surface area contributed by atoms with Gasteiger partial charge >= 0.3 is 6.09 Å². The average Bonchev–Trinajstić information content (AvgIpc) is 2.84. The SMILES string of the molecule is CC(C)OCCNC1=NCC2CN(C(=O)OC(C)(C)C)CCN12.I. The number of piperazine rings is 1. The van der Waals surface area contributed by atoms with Crippen molar-refractivity contribution in [2.24, 2.45) is 4.99 Å². The molecular formula is C16H31IN4O3. The van der Waals surface area contributed by atoms with Gasteiger partial charge in [-0.3, -0.25) is 4.99 Å². The Hall–Kier alpha value is -0.770. The van der Waals surface area contributed by atoms with E-state index in [0.717, 1.165) is 19.0 Å². The molecule has 2 heterocycles. The van der Waals surface area contributed by atoms with Gasteiger partial charge < -0.3 is 24.6 Å². The molecule has 0 aliphatic carbocycles. The van der Waals surface area contributed by atoms with Crippen molar-refractivity contribution in [3.8, 4) is 0 Å². The molecule has 2 rings (SSSR count). The fourth-order valence-electron chi connectivity index (χ4n) is 2.68. The van der Waals surface area contributed by atoms with E-state index in [1.807, 2.05) is 34.6 Å². The molecule has 140 valence electrons. The molecule has 8 heteroatoms. The molecule has 1 unspecified atom stereocenters. The van der Waals surface area contributed by atoms with Gasteiger partial charge in [-0.05, 0) is 34.6 Å². The molecule has 0 aromatic carbocycles. The molecule has 2 aliphatic heterocycles. The molecule has 0 radical (unpaired) electrons. The zero-order valence-electron chi connectivity index (χ0n) is 15.4. The van der Waals surface area contributed by atoms with Crippen molar-refractivity contribution in [1.82, 2.24) is 15.1 Å². The summed E-state index contributed by atoms with van der Waals surface area (Å²) in [5.41, 5.74) is -0.455. The standard InChI is InChI=1S/C16H30N4O3.HI/c1-12(2)22-9-6-17-14-18-10-13-11-19(7-8-20(13)14)15(21)23-16(3,4)5;/h12-13H,6-11H2,1-5H3,(H,17,18);1H. The number of carbonyl (C=O) groups excluding carboxylic acids is 1. The summed E-state index contributed by atoms with van der Waals surface area (Å²) in [6.07, 6.45) is 0.0105. The summed E-state index contributed by atoms with van der Waals surface area (Å²) < 4.78 is 11.0. The Morgan fingerprint density at radius 3 is 2.71 bits per heavy atom. The quantitative estimate of drug-likeness (QED) is 0.520. The van der Waals surface area contributed by atoms with Gasteiger partial charge in [0.2, 0.25) is 0 Å². The van der Waals surface area contributed by atoms with Crippen molar-refractivity contribution in [2.45, 2.75) is 52.4 Å². The summed E-state index contributed by atoms with van der Waals surface area (Å²) in [5, 5.41) is 3.33. The highest BCUT2D eigenvalue weighted by Crippen LogP contribution is 2.18. The number of rotatable bonds is 4. The Labute approximate surface area is 162 Å². The predicted octanol–water partition coefficient (Wildman–Crippen LogP) is 1.91. The van der Waals surface area contributed by atoms with Crippen LogP contribution in [0.4, 0.5) is 4.79 Å². The summed E-state index contributed by atoms with van der Waals surface area (Å²) in [5.74, 6) is 0.922. The van der Waals surface area contributed by atoms with Gasteiger partial charge in [-0.25, -0.2) is 4.79 Å².